The van der Waals surface area contributed by atoms with Gasteiger partial charge >= 0.3 is 5.69 Å². The third-order valence-corrected chi connectivity index (χ3v) is 4.75. The molecule has 1 aromatic carbocycles. The van der Waals surface area contributed by atoms with Crippen molar-refractivity contribution < 1.29 is 4.92 Å². The van der Waals surface area contributed by atoms with Crippen LogP contribution in [0.15, 0.2) is 39.9 Å². The van der Waals surface area contributed by atoms with Gasteiger partial charge in [-0.1, -0.05) is 0 Å². The van der Waals surface area contributed by atoms with Crippen molar-refractivity contribution in [3.63, 3.8) is 0 Å². The van der Waals surface area contributed by atoms with Crippen molar-refractivity contribution in [3.8, 4) is 0 Å². The Labute approximate surface area is 149 Å². The second-order valence-electron chi connectivity index (χ2n) is 6.34. The lowest BCUT2D eigenvalue weighted by Gasteiger charge is -2.26. The number of aromatic nitrogens is 2. The first kappa shape index (κ1) is 17.7. The van der Waals surface area contributed by atoms with Gasteiger partial charge in [-0.15, -0.1) is 0 Å². The van der Waals surface area contributed by atoms with Crippen LogP contribution < -0.4 is 21.0 Å². The smallest absolute Gasteiger partial charge is 0.332 e. The summed E-state index contributed by atoms with van der Waals surface area (Å²) in [5, 5.41) is 10.8. The van der Waals surface area contributed by atoms with E-state index in [0.29, 0.717) is 18.9 Å². The first-order valence-electron chi connectivity index (χ1n) is 8.40. The number of nitro groups is 1. The largest absolute Gasteiger partial charge is 0.370 e. The molecule has 1 saturated heterocycles. The standard InChI is InChI=1S/C17H21N5O4/c1-18-15(12-16(23)19(2)17(18)24)21-9-3-8-20(10-11-21)13-4-6-14(7-5-13)22(25)26/h4-7,12H,3,8-11H2,1-2H3. The van der Waals surface area contributed by atoms with Crippen LogP contribution in [0.1, 0.15) is 6.42 Å². The van der Waals surface area contributed by atoms with Crippen LogP contribution in [0.2, 0.25) is 0 Å². The highest BCUT2D eigenvalue weighted by atomic mass is 16.6. The number of non-ortho nitro benzene ring substituents is 1. The maximum atomic E-state index is 12.1. The summed E-state index contributed by atoms with van der Waals surface area (Å²) >= 11 is 0. The molecule has 3 rings (SSSR count). The van der Waals surface area contributed by atoms with Gasteiger partial charge in [0.15, 0.2) is 0 Å². The Balaban J connectivity index is 1.80. The van der Waals surface area contributed by atoms with Crippen molar-refractivity contribution in [2.45, 2.75) is 6.42 Å². The van der Waals surface area contributed by atoms with Gasteiger partial charge in [0, 0.05) is 64.2 Å². The number of benzene rings is 1. The molecule has 1 fully saturated rings. The zero-order valence-electron chi connectivity index (χ0n) is 14.8. The molecule has 1 aliphatic rings. The monoisotopic (exact) mass is 359 g/mol. The molecule has 0 aliphatic carbocycles. The molecule has 26 heavy (non-hydrogen) atoms. The third kappa shape index (κ3) is 3.32. The minimum absolute atomic E-state index is 0.0697. The molecule has 0 atom stereocenters. The summed E-state index contributed by atoms with van der Waals surface area (Å²) in [7, 11) is 3.13. The van der Waals surface area contributed by atoms with E-state index in [1.807, 2.05) is 4.90 Å². The van der Waals surface area contributed by atoms with Gasteiger partial charge in [0.2, 0.25) is 0 Å². The first-order chi connectivity index (χ1) is 12.4. The summed E-state index contributed by atoms with van der Waals surface area (Å²) in [5.74, 6) is 0.614. The maximum absolute atomic E-state index is 12.1. The molecule has 2 heterocycles. The molecule has 0 bridgehead atoms. The molecule has 0 spiro atoms. The Morgan fingerprint density at radius 2 is 1.54 bits per heavy atom. The lowest BCUT2D eigenvalue weighted by Crippen LogP contribution is -2.41. The Bertz CT molecular complexity index is 932. The Morgan fingerprint density at radius 1 is 0.923 bits per heavy atom. The fourth-order valence-corrected chi connectivity index (χ4v) is 3.21. The minimum atomic E-state index is -0.412. The van der Waals surface area contributed by atoms with Gasteiger partial charge in [-0.2, -0.15) is 0 Å². The summed E-state index contributed by atoms with van der Waals surface area (Å²) in [5.41, 5.74) is 0.333. The van der Waals surface area contributed by atoms with Crippen LogP contribution >= 0.6 is 0 Å². The van der Waals surface area contributed by atoms with Crippen LogP contribution in [0.25, 0.3) is 0 Å². The van der Waals surface area contributed by atoms with E-state index in [0.717, 1.165) is 29.8 Å². The van der Waals surface area contributed by atoms with Crippen molar-refractivity contribution in [3.05, 3.63) is 61.3 Å². The summed E-state index contributed by atoms with van der Waals surface area (Å²) in [6.07, 6.45) is 0.848. The van der Waals surface area contributed by atoms with Gasteiger partial charge in [0.1, 0.15) is 5.82 Å². The van der Waals surface area contributed by atoms with Crippen LogP contribution in [-0.2, 0) is 14.1 Å². The highest BCUT2D eigenvalue weighted by Crippen LogP contribution is 2.21. The van der Waals surface area contributed by atoms with E-state index < -0.39 is 4.92 Å². The van der Waals surface area contributed by atoms with Crippen LogP contribution in [0.3, 0.4) is 0 Å². The molecule has 1 aliphatic heterocycles. The quantitative estimate of drug-likeness (QED) is 0.592. The van der Waals surface area contributed by atoms with Crippen molar-refractivity contribution in [1.82, 2.24) is 9.13 Å². The van der Waals surface area contributed by atoms with Crippen LogP contribution in [0, 0.1) is 10.1 Å². The van der Waals surface area contributed by atoms with E-state index in [2.05, 4.69) is 4.90 Å². The van der Waals surface area contributed by atoms with Crippen LogP contribution in [-0.4, -0.2) is 40.2 Å². The van der Waals surface area contributed by atoms with E-state index in [9.17, 15) is 19.7 Å². The van der Waals surface area contributed by atoms with Crippen molar-refractivity contribution >= 4 is 17.2 Å². The van der Waals surface area contributed by atoms with Gasteiger partial charge in [-0.25, -0.2) is 4.79 Å². The topological polar surface area (TPSA) is 93.6 Å². The van der Waals surface area contributed by atoms with Crippen LogP contribution in [0.4, 0.5) is 17.2 Å². The molecule has 0 unspecified atom stereocenters. The Kier molecular flexibility index (Phi) is 4.79. The summed E-state index contributed by atoms with van der Waals surface area (Å²) in [6, 6.07) is 8.00. The average molecular weight is 359 g/mol. The second-order valence-corrected chi connectivity index (χ2v) is 6.34. The lowest BCUT2D eigenvalue weighted by atomic mass is 10.2. The number of nitrogens with zero attached hydrogens (tertiary/aromatic N) is 5. The Hall–Kier alpha value is -3.10. The number of nitro benzene ring substituents is 1. The molecule has 0 saturated carbocycles. The van der Waals surface area contributed by atoms with Gasteiger partial charge < -0.3 is 9.80 Å². The molecular weight excluding hydrogens is 338 g/mol. The van der Waals surface area contributed by atoms with Gasteiger partial charge in [0.25, 0.3) is 11.2 Å². The second kappa shape index (κ2) is 7.03. The zero-order chi connectivity index (χ0) is 18.8. The van der Waals surface area contributed by atoms with Crippen LogP contribution in [0.5, 0.6) is 0 Å². The fourth-order valence-electron chi connectivity index (χ4n) is 3.21. The molecule has 1 aromatic heterocycles. The van der Waals surface area contributed by atoms with Crippen molar-refractivity contribution in [2.75, 3.05) is 36.0 Å². The number of hydrogen-bond donors (Lipinski definition) is 0. The predicted molar refractivity (Wildman–Crippen MR) is 99.1 cm³/mol. The number of anilines is 2. The predicted octanol–water partition coefficient (Wildman–Crippen LogP) is 0.709. The van der Waals surface area contributed by atoms with Crippen molar-refractivity contribution in [2.24, 2.45) is 14.1 Å². The molecule has 9 nitrogen and oxygen atoms in total. The molecule has 0 radical (unpaired) electrons. The van der Waals surface area contributed by atoms with E-state index >= 15 is 0 Å². The number of rotatable bonds is 3. The molecule has 0 N–H and O–H groups in total. The van der Waals surface area contributed by atoms with Gasteiger partial charge in [-0.05, 0) is 18.6 Å². The lowest BCUT2D eigenvalue weighted by molar-refractivity contribution is -0.384. The summed E-state index contributed by atoms with van der Waals surface area (Å²) in [4.78, 5) is 38.7. The highest BCUT2D eigenvalue weighted by molar-refractivity contribution is 5.51. The summed E-state index contributed by atoms with van der Waals surface area (Å²) < 4.78 is 2.58. The first-order valence-corrected chi connectivity index (χ1v) is 8.40. The van der Waals surface area contributed by atoms with E-state index in [1.54, 1.807) is 19.2 Å². The van der Waals surface area contributed by atoms with E-state index in [-0.39, 0.29) is 16.9 Å². The third-order valence-electron chi connectivity index (χ3n) is 4.75. The van der Waals surface area contributed by atoms with E-state index in [4.69, 9.17) is 0 Å². The van der Waals surface area contributed by atoms with Gasteiger partial charge in [-0.3, -0.25) is 24.0 Å². The number of hydrogen-bond acceptors (Lipinski definition) is 6. The maximum Gasteiger partial charge on any atom is 0.332 e. The van der Waals surface area contributed by atoms with E-state index in [1.165, 1.54) is 29.8 Å². The van der Waals surface area contributed by atoms with Crippen molar-refractivity contribution in [1.29, 1.82) is 0 Å². The molecule has 138 valence electrons. The SMILES string of the molecule is Cn1c(N2CCCN(c3ccc([N+](=O)[O-])cc3)CC2)cc(=O)n(C)c1=O. The van der Waals surface area contributed by atoms with Gasteiger partial charge in [0.05, 0.1) is 4.92 Å². The molecule has 0 amide bonds. The minimum Gasteiger partial charge on any atom is -0.370 e. The normalized spacial score (nSPS) is 15.0. The molecule has 2 aromatic rings. The average Bonchev–Trinajstić information content (AvgIpc) is 2.89. The molecule has 9 heteroatoms. The highest BCUT2D eigenvalue weighted by Gasteiger charge is 2.19. The fraction of sp³-hybridized carbons (Fsp3) is 0.412. The zero-order valence-corrected chi connectivity index (χ0v) is 14.8. The summed E-state index contributed by atoms with van der Waals surface area (Å²) in [6.45, 7) is 2.87. The Morgan fingerprint density at radius 3 is 2.19 bits per heavy atom. The molecular formula is C17H21N5O4.